The number of nitrogens with zero attached hydrogens (tertiary/aromatic N) is 1. The number of aliphatic hydroxyl groups is 1. The SMILES string of the molecule is N#Cc1cc(Cc2ccc(CO)cc2F)cc(C(F)(F)F)c1. The maximum atomic E-state index is 13.8. The van der Waals surface area contributed by atoms with Crippen LogP contribution in [0, 0.1) is 17.1 Å². The predicted molar refractivity (Wildman–Crippen MR) is 71.3 cm³/mol. The van der Waals surface area contributed by atoms with Gasteiger partial charge in [-0.05, 0) is 41.0 Å². The first kappa shape index (κ1) is 16.0. The Morgan fingerprint density at radius 1 is 1.05 bits per heavy atom. The van der Waals surface area contributed by atoms with Crippen LogP contribution in [0.25, 0.3) is 0 Å². The molecule has 0 amide bonds. The zero-order valence-electron chi connectivity index (χ0n) is 11.3. The zero-order chi connectivity index (χ0) is 16.3. The van der Waals surface area contributed by atoms with Gasteiger partial charge in [0.1, 0.15) is 5.82 Å². The molecule has 2 rings (SSSR count). The Balaban J connectivity index is 2.39. The third kappa shape index (κ3) is 3.62. The van der Waals surface area contributed by atoms with Crippen LogP contribution < -0.4 is 0 Å². The average molecular weight is 309 g/mol. The Kier molecular flexibility index (Phi) is 4.48. The van der Waals surface area contributed by atoms with Crippen molar-refractivity contribution in [3.05, 3.63) is 70.0 Å². The van der Waals surface area contributed by atoms with Crippen LogP contribution in [0.1, 0.15) is 27.8 Å². The smallest absolute Gasteiger partial charge is 0.392 e. The molecule has 2 nitrogen and oxygen atoms in total. The first-order chi connectivity index (χ1) is 10.3. The van der Waals surface area contributed by atoms with Gasteiger partial charge in [0.05, 0.1) is 23.8 Å². The van der Waals surface area contributed by atoms with Crippen LogP contribution in [-0.2, 0) is 19.2 Å². The Bertz CT molecular complexity index is 732. The fourth-order valence-electron chi connectivity index (χ4n) is 2.07. The Hall–Kier alpha value is -2.39. The fraction of sp³-hybridized carbons (Fsp3) is 0.188. The van der Waals surface area contributed by atoms with E-state index in [4.69, 9.17) is 10.4 Å². The normalized spacial score (nSPS) is 11.3. The van der Waals surface area contributed by atoms with Crippen molar-refractivity contribution in [2.45, 2.75) is 19.2 Å². The molecule has 114 valence electrons. The molecule has 0 atom stereocenters. The van der Waals surface area contributed by atoms with E-state index in [0.717, 1.165) is 18.2 Å². The van der Waals surface area contributed by atoms with Crippen molar-refractivity contribution >= 4 is 0 Å². The van der Waals surface area contributed by atoms with Crippen molar-refractivity contribution in [3.8, 4) is 6.07 Å². The highest BCUT2D eigenvalue weighted by molar-refractivity contribution is 5.41. The number of hydrogen-bond donors (Lipinski definition) is 1. The van der Waals surface area contributed by atoms with E-state index in [0.29, 0.717) is 5.56 Å². The summed E-state index contributed by atoms with van der Waals surface area (Å²) < 4.78 is 52.2. The molecule has 0 fully saturated rings. The largest absolute Gasteiger partial charge is 0.416 e. The van der Waals surface area contributed by atoms with Crippen LogP contribution >= 0.6 is 0 Å². The first-order valence-corrected chi connectivity index (χ1v) is 6.33. The molecule has 0 aliphatic carbocycles. The van der Waals surface area contributed by atoms with E-state index in [1.807, 2.05) is 0 Å². The second-order valence-corrected chi connectivity index (χ2v) is 4.79. The summed E-state index contributed by atoms with van der Waals surface area (Å²) in [6.07, 6.45) is -4.64. The minimum Gasteiger partial charge on any atom is -0.392 e. The molecule has 0 saturated carbocycles. The van der Waals surface area contributed by atoms with Gasteiger partial charge >= 0.3 is 6.18 Å². The number of aliphatic hydroxyl groups excluding tert-OH is 1. The maximum absolute atomic E-state index is 13.8. The number of nitriles is 1. The van der Waals surface area contributed by atoms with Crippen molar-refractivity contribution < 1.29 is 22.7 Å². The lowest BCUT2D eigenvalue weighted by Gasteiger charge is -2.11. The van der Waals surface area contributed by atoms with Gasteiger partial charge < -0.3 is 5.11 Å². The highest BCUT2D eigenvalue weighted by atomic mass is 19.4. The summed E-state index contributed by atoms with van der Waals surface area (Å²) in [4.78, 5) is 0. The minimum atomic E-state index is -4.57. The highest BCUT2D eigenvalue weighted by Gasteiger charge is 2.31. The highest BCUT2D eigenvalue weighted by Crippen LogP contribution is 2.31. The van der Waals surface area contributed by atoms with Crippen molar-refractivity contribution in [3.63, 3.8) is 0 Å². The summed E-state index contributed by atoms with van der Waals surface area (Å²) in [6, 6.07) is 8.67. The molecule has 1 N–H and O–H groups in total. The summed E-state index contributed by atoms with van der Waals surface area (Å²) in [6.45, 7) is -0.320. The molecular weight excluding hydrogens is 298 g/mol. The average Bonchev–Trinajstić information content (AvgIpc) is 2.48. The minimum absolute atomic E-state index is 0.0733. The van der Waals surface area contributed by atoms with Gasteiger partial charge in [0, 0.05) is 6.42 Å². The molecule has 22 heavy (non-hydrogen) atoms. The zero-order valence-corrected chi connectivity index (χ0v) is 11.3. The Morgan fingerprint density at radius 2 is 1.77 bits per heavy atom. The topological polar surface area (TPSA) is 44.0 Å². The summed E-state index contributed by atoms with van der Waals surface area (Å²) >= 11 is 0. The quantitative estimate of drug-likeness (QED) is 0.877. The lowest BCUT2D eigenvalue weighted by Crippen LogP contribution is -2.07. The molecule has 0 heterocycles. The molecule has 0 bridgehead atoms. The number of halogens is 4. The standard InChI is InChI=1S/C16H11F4NO/c17-15-7-10(9-22)1-2-13(15)4-11-3-12(8-21)6-14(5-11)16(18,19)20/h1-3,5-7,22H,4,9H2. The van der Waals surface area contributed by atoms with Crippen LogP contribution in [0.5, 0.6) is 0 Å². The van der Waals surface area contributed by atoms with Crippen molar-refractivity contribution in [2.24, 2.45) is 0 Å². The van der Waals surface area contributed by atoms with E-state index in [-0.39, 0.29) is 29.7 Å². The Labute approximate surface area is 124 Å². The number of rotatable bonds is 3. The molecule has 6 heteroatoms. The van der Waals surface area contributed by atoms with Gasteiger partial charge in [-0.25, -0.2) is 4.39 Å². The molecular formula is C16H11F4NO. The molecule has 0 spiro atoms. The number of benzene rings is 2. The van der Waals surface area contributed by atoms with E-state index in [1.54, 1.807) is 6.07 Å². The number of alkyl halides is 3. The summed E-state index contributed by atoms with van der Waals surface area (Å²) in [7, 11) is 0. The molecule has 0 unspecified atom stereocenters. The molecule has 2 aromatic carbocycles. The Morgan fingerprint density at radius 3 is 2.32 bits per heavy atom. The van der Waals surface area contributed by atoms with Gasteiger partial charge in [0.15, 0.2) is 0 Å². The summed E-state index contributed by atoms with van der Waals surface area (Å²) in [5, 5.41) is 17.7. The van der Waals surface area contributed by atoms with Gasteiger partial charge in [-0.1, -0.05) is 12.1 Å². The van der Waals surface area contributed by atoms with Crippen LogP contribution in [0.3, 0.4) is 0 Å². The van der Waals surface area contributed by atoms with Gasteiger partial charge in [0.25, 0.3) is 0 Å². The van der Waals surface area contributed by atoms with Crippen LogP contribution in [0.15, 0.2) is 36.4 Å². The van der Waals surface area contributed by atoms with E-state index in [9.17, 15) is 17.6 Å². The van der Waals surface area contributed by atoms with E-state index < -0.39 is 17.6 Å². The third-order valence-electron chi connectivity index (χ3n) is 3.14. The first-order valence-electron chi connectivity index (χ1n) is 6.33. The van der Waals surface area contributed by atoms with Crippen molar-refractivity contribution in [1.82, 2.24) is 0 Å². The van der Waals surface area contributed by atoms with Crippen molar-refractivity contribution in [1.29, 1.82) is 5.26 Å². The molecule has 0 radical (unpaired) electrons. The molecule has 0 saturated heterocycles. The van der Waals surface area contributed by atoms with Crippen LogP contribution in [-0.4, -0.2) is 5.11 Å². The van der Waals surface area contributed by atoms with Crippen molar-refractivity contribution in [2.75, 3.05) is 0 Å². The van der Waals surface area contributed by atoms with E-state index >= 15 is 0 Å². The number of hydrogen-bond acceptors (Lipinski definition) is 2. The fourth-order valence-corrected chi connectivity index (χ4v) is 2.07. The van der Waals surface area contributed by atoms with Crippen LogP contribution in [0.2, 0.25) is 0 Å². The van der Waals surface area contributed by atoms with Crippen LogP contribution in [0.4, 0.5) is 17.6 Å². The monoisotopic (exact) mass is 309 g/mol. The van der Waals surface area contributed by atoms with Gasteiger partial charge in [-0.2, -0.15) is 18.4 Å². The second-order valence-electron chi connectivity index (χ2n) is 4.79. The third-order valence-corrected chi connectivity index (χ3v) is 3.14. The van der Waals surface area contributed by atoms with Gasteiger partial charge in [-0.3, -0.25) is 0 Å². The molecule has 2 aromatic rings. The lowest BCUT2D eigenvalue weighted by molar-refractivity contribution is -0.137. The maximum Gasteiger partial charge on any atom is 0.416 e. The molecule has 0 aliphatic rings. The molecule has 0 aromatic heterocycles. The van der Waals surface area contributed by atoms with Gasteiger partial charge in [0.2, 0.25) is 0 Å². The lowest BCUT2D eigenvalue weighted by atomic mass is 9.99. The molecule has 0 aliphatic heterocycles. The second kappa shape index (κ2) is 6.16. The van der Waals surface area contributed by atoms with E-state index in [1.165, 1.54) is 18.2 Å². The van der Waals surface area contributed by atoms with E-state index in [2.05, 4.69) is 0 Å². The summed E-state index contributed by atoms with van der Waals surface area (Å²) in [5.74, 6) is -0.609. The summed E-state index contributed by atoms with van der Waals surface area (Å²) in [5.41, 5.74) is -0.295. The predicted octanol–water partition coefficient (Wildman–Crippen LogP) is 3.80. The van der Waals surface area contributed by atoms with Gasteiger partial charge in [-0.15, -0.1) is 0 Å².